The Balaban J connectivity index is 0.985. The highest BCUT2D eigenvalue weighted by molar-refractivity contribution is 6.42. The van der Waals surface area contributed by atoms with Crippen molar-refractivity contribution in [1.82, 2.24) is 20.2 Å². The maximum absolute atomic E-state index is 14.4. The van der Waals surface area contributed by atoms with E-state index in [-0.39, 0.29) is 18.2 Å². The number of benzene rings is 4. The topological polar surface area (TPSA) is 103 Å². The lowest BCUT2D eigenvalue weighted by atomic mass is 9.86. The summed E-state index contributed by atoms with van der Waals surface area (Å²) < 4.78 is 17.7. The van der Waals surface area contributed by atoms with Crippen LogP contribution in [0.5, 0.6) is 11.5 Å². The second kappa shape index (κ2) is 18.9. The van der Waals surface area contributed by atoms with Crippen LogP contribution in [0.3, 0.4) is 0 Å². The lowest BCUT2D eigenvalue weighted by Gasteiger charge is -2.37. The van der Waals surface area contributed by atoms with Gasteiger partial charge in [-0.15, -0.1) is 0 Å². The number of rotatable bonds is 12. The molecule has 6 aromatic rings. The third-order valence-electron chi connectivity index (χ3n) is 11.9. The molecule has 312 valence electrons. The molecule has 8 rings (SSSR count). The standard InChI is InChI=1S/C50H48Cl2N4O5/c1-31-32(2)53-20-17-43(31)36-10-7-33(8-11-36)23-46(50(58)59-3)55-49(57)47-26-38-27-48-39(25-40(38)28-56(47)29-41-6-4-5-19-54-41)24-37(18-21-60-48)35-12-14-42(15-13-35)61-30-34-9-16-44(51)45(52)22-34/h4-17,19-20,22,25,27,37,46-47H,18,21,23-24,26,28-30H2,1-3H3,(H,55,57)/t37-,46+,47+/m1/s1. The Bertz CT molecular complexity index is 2520. The van der Waals surface area contributed by atoms with Gasteiger partial charge in [0.05, 0.1) is 35.5 Å². The van der Waals surface area contributed by atoms with Gasteiger partial charge in [0.2, 0.25) is 5.91 Å². The molecule has 1 N–H and O–H groups in total. The van der Waals surface area contributed by atoms with Crippen molar-refractivity contribution in [2.24, 2.45) is 0 Å². The van der Waals surface area contributed by atoms with Gasteiger partial charge in [-0.3, -0.25) is 19.7 Å². The highest BCUT2D eigenvalue weighted by Crippen LogP contribution is 2.38. The van der Waals surface area contributed by atoms with Crippen LogP contribution in [0, 0.1) is 13.8 Å². The van der Waals surface area contributed by atoms with E-state index in [2.05, 4.69) is 51.4 Å². The Morgan fingerprint density at radius 2 is 1.66 bits per heavy atom. The molecular weight excluding hydrogens is 807 g/mol. The predicted molar refractivity (Wildman–Crippen MR) is 238 cm³/mol. The van der Waals surface area contributed by atoms with Gasteiger partial charge in [0.1, 0.15) is 24.1 Å². The van der Waals surface area contributed by atoms with Crippen molar-refractivity contribution in [3.63, 3.8) is 0 Å². The highest BCUT2D eigenvalue weighted by Gasteiger charge is 2.35. The number of methoxy groups -OCH3 is 1. The zero-order valence-corrected chi connectivity index (χ0v) is 36.0. The number of pyridine rings is 2. The van der Waals surface area contributed by atoms with E-state index in [4.69, 9.17) is 37.4 Å². The van der Waals surface area contributed by atoms with Crippen LogP contribution in [0.1, 0.15) is 62.7 Å². The summed E-state index contributed by atoms with van der Waals surface area (Å²) in [6, 6.07) is 32.6. The van der Waals surface area contributed by atoms with Crippen LogP contribution in [-0.4, -0.2) is 52.5 Å². The first-order valence-corrected chi connectivity index (χ1v) is 21.3. The van der Waals surface area contributed by atoms with Crippen molar-refractivity contribution in [1.29, 1.82) is 0 Å². The Kier molecular flexibility index (Phi) is 13.0. The van der Waals surface area contributed by atoms with Gasteiger partial charge in [-0.1, -0.05) is 77.8 Å². The zero-order valence-electron chi connectivity index (χ0n) is 34.5. The molecule has 0 unspecified atom stereocenters. The van der Waals surface area contributed by atoms with E-state index in [1.165, 1.54) is 12.7 Å². The first-order chi connectivity index (χ1) is 29.6. The lowest BCUT2D eigenvalue weighted by Crippen LogP contribution is -2.54. The molecule has 2 aliphatic rings. The van der Waals surface area contributed by atoms with Crippen molar-refractivity contribution in [3.05, 3.63) is 176 Å². The number of hydrogen-bond donors (Lipinski definition) is 1. The van der Waals surface area contributed by atoms with E-state index < -0.39 is 18.1 Å². The van der Waals surface area contributed by atoms with Gasteiger partial charge in [0.25, 0.3) is 0 Å². The van der Waals surface area contributed by atoms with Crippen molar-refractivity contribution in [3.8, 4) is 22.6 Å². The van der Waals surface area contributed by atoms with Crippen molar-refractivity contribution < 1.29 is 23.8 Å². The Morgan fingerprint density at radius 3 is 2.41 bits per heavy atom. The van der Waals surface area contributed by atoms with Gasteiger partial charge in [0, 0.05) is 37.6 Å². The molecule has 0 bridgehead atoms. The average Bonchev–Trinajstić information content (AvgIpc) is 3.49. The second-order valence-corrected chi connectivity index (χ2v) is 16.7. The van der Waals surface area contributed by atoms with E-state index in [9.17, 15) is 9.59 Å². The third kappa shape index (κ3) is 9.91. The summed E-state index contributed by atoms with van der Waals surface area (Å²) in [6.45, 7) is 6.02. The highest BCUT2D eigenvalue weighted by atomic mass is 35.5. The van der Waals surface area contributed by atoms with Crippen LogP contribution in [0.4, 0.5) is 0 Å². The van der Waals surface area contributed by atoms with Crippen LogP contribution in [0.15, 0.2) is 116 Å². The molecule has 11 heteroatoms. The van der Waals surface area contributed by atoms with Gasteiger partial charge in [-0.05, 0) is 138 Å². The van der Waals surface area contributed by atoms with Crippen LogP contribution >= 0.6 is 23.2 Å². The number of aryl methyl sites for hydroxylation is 1. The molecule has 0 saturated carbocycles. The average molecular weight is 856 g/mol. The number of nitrogens with zero attached hydrogens (tertiary/aromatic N) is 3. The van der Waals surface area contributed by atoms with E-state index in [1.54, 1.807) is 12.3 Å². The minimum absolute atomic E-state index is 0.239. The number of carbonyl (C=O) groups excluding carboxylic acids is 2. The molecule has 0 spiro atoms. The van der Waals surface area contributed by atoms with Crippen LogP contribution in [-0.2, 0) is 53.3 Å². The van der Waals surface area contributed by atoms with Crippen molar-refractivity contribution >= 4 is 35.1 Å². The molecule has 4 heterocycles. The normalized spacial score (nSPS) is 16.6. The maximum atomic E-state index is 14.4. The predicted octanol–water partition coefficient (Wildman–Crippen LogP) is 9.58. The molecule has 61 heavy (non-hydrogen) atoms. The van der Waals surface area contributed by atoms with Gasteiger partial charge < -0.3 is 19.5 Å². The Labute approximate surface area is 367 Å². The summed E-state index contributed by atoms with van der Waals surface area (Å²) in [5.74, 6) is 1.15. The summed E-state index contributed by atoms with van der Waals surface area (Å²) in [7, 11) is 1.35. The third-order valence-corrected chi connectivity index (χ3v) is 12.6. The maximum Gasteiger partial charge on any atom is 0.328 e. The van der Waals surface area contributed by atoms with Gasteiger partial charge >= 0.3 is 5.97 Å². The molecular formula is C50H48Cl2N4O5. The molecule has 0 radical (unpaired) electrons. The number of nitrogens with one attached hydrogen (secondary N) is 1. The molecule has 9 nitrogen and oxygen atoms in total. The van der Waals surface area contributed by atoms with Gasteiger partial charge in [-0.2, -0.15) is 0 Å². The number of hydrogen-bond acceptors (Lipinski definition) is 8. The molecule has 4 aromatic carbocycles. The molecule has 1 amide bonds. The zero-order chi connectivity index (χ0) is 42.5. The Hall–Kier alpha value is -5.74. The fraction of sp³-hybridized carbons (Fsp3) is 0.280. The molecule has 2 aliphatic heterocycles. The second-order valence-electron chi connectivity index (χ2n) is 15.9. The van der Waals surface area contributed by atoms with E-state index in [1.807, 2.05) is 85.9 Å². The van der Waals surface area contributed by atoms with Crippen molar-refractivity contribution in [2.45, 2.75) is 77.2 Å². The number of esters is 1. The SMILES string of the molecule is COC(=O)[C@H](Cc1ccc(-c2ccnc(C)c2C)cc1)NC(=O)[C@@H]1Cc2cc3c(cc2CN1Cc1ccccn1)C[C@H](c1ccc(OCc2ccc(Cl)c(Cl)c2)cc1)CCO3. The van der Waals surface area contributed by atoms with E-state index in [0.717, 1.165) is 80.2 Å². The van der Waals surface area contributed by atoms with Crippen molar-refractivity contribution in [2.75, 3.05) is 13.7 Å². The van der Waals surface area contributed by atoms with Gasteiger partial charge in [0.15, 0.2) is 0 Å². The molecule has 2 aromatic heterocycles. The number of aromatic nitrogens is 2. The summed E-state index contributed by atoms with van der Waals surface area (Å²) in [5.41, 5.74) is 11.6. The summed E-state index contributed by atoms with van der Waals surface area (Å²) in [6.07, 6.45) is 6.00. The number of halogens is 2. The minimum Gasteiger partial charge on any atom is -0.493 e. The van der Waals surface area contributed by atoms with Crippen LogP contribution in [0.25, 0.3) is 11.1 Å². The molecule has 0 saturated heterocycles. The molecule has 0 aliphatic carbocycles. The number of amides is 1. The summed E-state index contributed by atoms with van der Waals surface area (Å²) in [4.78, 5) is 38.8. The smallest absolute Gasteiger partial charge is 0.328 e. The number of carbonyl (C=O) groups is 2. The van der Waals surface area contributed by atoms with Crippen LogP contribution in [0.2, 0.25) is 10.0 Å². The fourth-order valence-electron chi connectivity index (χ4n) is 8.35. The van der Waals surface area contributed by atoms with Crippen LogP contribution < -0.4 is 14.8 Å². The number of fused-ring (bicyclic) bond motifs is 2. The quantitative estimate of drug-likeness (QED) is 0.122. The first-order valence-electron chi connectivity index (χ1n) is 20.6. The van der Waals surface area contributed by atoms with E-state index >= 15 is 0 Å². The Morgan fingerprint density at radius 1 is 0.852 bits per heavy atom. The lowest BCUT2D eigenvalue weighted by molar-refractivity contribution is -0.146. The first kappa shape index (κ1) is 42.0. The van der Waals surface area contributed by atoms with E-state index in [0.29, 0.717) is 42.8 Å². The largest absolute Gasteiger partial charge is 0.493 e. The van der Waals surface area contributed by atoms with Gasteiger partial charge in [-0.25, -0.2) is 4.79 Å². The summed E-state index contributed by atoms with van der Waals surface area (Å²) >= 11 is 12.3. The monoisotopic (exact) mass is 854 g/mol. The fourth-order valence-corrected chi connectivity index (χ4v) is 8.67. The summed E-state index contributed by atoms with van der Waals surface area (Å²) in [5, 5.41) is 4.11. The minimum atomic E-state index is -0.873. The molecule has 3 atom stereocenters. The molecule has 0 fully saturated rings. The number of ether oxygens (including phenoxy) is 3.